The number of nitrogens with one attached hydrogen (secondary N) is 1. The average molecular weight is 395 g/mol. The van der Waals surface area contributed by atoms with Crippen molar-refractivity contribution in [3.8, 4) is 11.8 Å². The number of nitrogens with zero attached hydrogens (tertiary/aromatic N) is 2. The SMILES string of the molecule is C=C[C@@H](c1c(Br)ccc(C#N)c1O)N1CCNCC1.Cl.Cl. The molecule has 0 amide bonds. The molecule has 116 valence electrons. The molecule has 4 nitrogen and oxygen atoms in total. The first kappa shape index (κ1) is 20.2. The molecule has 2 rings (SSSR count). The van der Waals surface area contributed by atoms with E-state index in [2.05, 4.69) is 32.7 Å². The lowest BCUT2D eigenvalue weighted by Gasteiger charge is -2.34. The predicted molar refractivity (Wildman–Crippen MR) is 92.4 cm³/mol. The van der Waals surface area contributed by atoms with Gasteiger partial charge < -0.3 is 10.4 Å². The molecule has 0 aromatic heterocycles. The minimum atomic E-state index is -0.0928. The van der Waals surface area contributed by atoms with E-state index in [1.807, 2.05) is 12.1 Å². The van der Waals surface area contributed by atoms with Crippen LogP contribution in [0.15, 0.2) is 29.3 Å². The van der Waals surface area contributed by atoms with Gasteiger partial charge in [0.25, 0.3) is 0 Å². The summed E-state index contributed by atoms with van der Waals surface area (Å²) in [5.41, 5.74) is 1.01. The third-order valence-corrected chi connectivity index (χ3v) is 4.04. The zero-order valence-corrected chi connectivity index (χ0v) is 14.6. The lowest BCUT2D eigenvalue weighted by Crippen LogP contribution is -2.44. The van der Waals surface area contributed by atoms with Gasteiger partial charge in [-0.05, 0) is 12.1 Å². The van der Waals surface area contributed by atoms with Crippen molar-refractivity contribution in [2.75, 3.05) is 26.2 Å². The van der Waals surface area contributed by atoms with E-state index in [4.69, 9.17) is 5.26 Å². The van der Waals surface area contributed by atoms with Crippen molar-refractivity contribution in [3.05, 3.63) is 40.4 Å². The first-order chi connectivity index (χ1) is 9.19. The molecule has 1 aromatic rings. The number of piperazine rings is 1. The van der Waals surface area contributed by atoms with Crippen LogP contribution in [-0.2, 0) is 0 Å². The molecule has 1 aliphatic rings. The number of phenols is 1. The maximum Gasteiger partial charge on any atom is 0.139 e. The highest BCUT2D eigenvalue weighted by Gasteiger charge is 2.25. The van der Waals surface area contributed by atoms with Gasteiger partial charge in [0.15, 0.2) is 0 Å². The van der Waals surface area contributed by atoms with Crippen LogP contribution in [-0.4, -0.2) is 36.2 Å². The van der Waals surface area contributed by atoms with Crippen LogP contribution >= 0.6 is 40.7 Å². The highest BCUT2D eigenvalue weighted by molar-refractivity contribution is 9.10. The van der Waals surface area contributed by atoms with Crippen molar-refractivity contribution in [2.24, 2.45) is 0 Å². The molecule has 2 N–H and O–H groups in total. The second kappa shape index (κ2) is 9.29. The molecule has 1 heterocycles. The van der Waals surface area contributed by atoms with Crippen LogP contribution in [0, 0.1) is 11.3 Å². The van der Waals surface area contributed by atoms with E-state index >= 15 is 0 Å². The quantitative estimate of drug-likeness (QED) is 0.773. The summed E-state index contributed by atoms with van der Waals surface area (Å²) in [4.78, 5) is 2.24. The third kappa shape index (κ3) is 4.35. The Bertz CT molecular complexity index is 528. The van der Waals surface area contributed by atoms with E-state index in [1.165, 1.54) is 0 Å². The van der Waals surface area contributed by atoms with Gasteiger partial charge in [0.2, 0.25) is 0 Å². The van der Waals surface area contributed by atoms with E-state index in [9.17, 15) is 5.11 Å². The number of halogens is 3. The van der Waals surface area contributed by atoms with E-state index in [-0.39, 0.29) is 36.6 Å². The van der Waals surface area contributed by atoms with Gasteiger partial charge in [0.1, 0.15) is 11.8 Å². The van der Waals surface area contributed by atoms with Crippen LogP contribution in [0.2, 0.25) is 0 Å². The van der Waals surface area contributed by atoms with Gasteiger partial charge in [-0.15, -0.1) is 31.4 Å². The van der Waals surface area contributed by atoms with E-state index < -0.39 is 0 Å². The largest absolute Gasteiger partial charge is 0.506 e. The summed E-state index contributed by atoms with van der Waals surface area (Å²) in [6, 6.07) is 5.33. The van der Waals surface area contributed by atoms with Gasteiger partial charge in [0.05, 0.1) is 11.6 Å². The van der Waals surface area contributed by atoms with E-state index in [0.717, 1.165) is 36.2 Å². The highest BCUT2D eigenvalue weighted by Crippen LogP contribution is 2.37. The zero-order chi connectivity index (χ0) is 13.8. The minimum absolute atomic E-state index is 0. The molecule has 1 saturated heterocycles. The molecule has 21 heavy (non-hydrogen) atoms. The van der Waals surface area contributed by atoms with Crippen molar-refractivity contribution in [1.82, 2.24) is 10.2 Å². The van der Waals surface area contributed by atoms with Gasteiger partial charge in [-0.25, -0.2) is 0 Å². The predicted octanol–water partition coefficient (Wildman–Crippen LogP) is 3.00. The maximum absolute atomic E-state index is 10.3. The fraction of sp³-hybridized carbons (Fsp3) is 0.357. The summed E-state index contributed by atoms with van der Waals surface area (Å²) in [5.74, 6) is 0.0420. The van der Waals surface area contributed by atoms with Gasteiger partial charge in [-0.3, -0.25) is 4.90 Å². The number of aromatic hydroxyl groups is 1. The van der Waals surface area contributed by atoms with E-state index in [1.54, 1.807) is 12.1 Å². The molecule has 0 saturated carbocycles. The number of rotatable bonds is 3. The zero-order valence-electron chi connectivity index (χ0n) is 11.4. The van der Waals surface area contributed by atoms with Crippen molar-refractivity contribution < 1.29 is 5.11 Å². The minimum Gasteiger partial charge on any atom is -0.506 e. The molecule has 0 spiro atoms. The molecule has 0 radical (unpaired) electrons. The normalized spacial score (nSPS) is 16.0. The summed E-state index contributed by atoms with van der Waals surface area (Å²) >= 11 is 3.46. The number of phenolic OH excluding ortho intramolecular Hbond substituents is 1. The Labute approximate surface area is 145 Å². The molecular weight excluding hydrogens is 377 g/mol. The third-order valence-electron chi connectivity index (χ3n) is 3.35. The molecule has 1 aliphatic heterocycles. The smallest absolute Gasteiger partial charge is 0.139 e. The Morgan fingerprint density at radius 3 is 2.52 bits per heavy atom. The molecule has 1 atom stereocenters. The van der Waals surface area contributed by atoms with Crippen LogP contribution in [0.3, 0.4) is 0 Å². The number of benzene rings is 1. The van der Waals surface area contributed by atoms with Crippen LogP contribution in [0.5, 0.6) is 5.75 Å². The summed E-state index contributed by atoms with van der Waals surface area (Å²) in [6.07, 6.45) is 1.81. The molecular formula is C14H18BrCl2N3O. The maximum atomic E-state index is 10.3. The fourth-order valence-corrected chi connectivity index (χ4v) is 2.92. The number of hydrogen-bond donors (Lipinski definition) is 2. The second-order valence-electron chi connectivity index (χ2n) is 4.44. The van der Waals surface area contributed by atoms with Gasteiger partial charge >= 0.3 is 0 Å². The van der Waals surface area contributed by atoms with Gasteiger partial charge in [0, 0.05) is 36.2 Å². The first-order valence-electron chi connectivity index (χ1n) is 6.17. The summed E-state index contributed by atoms with van der Waals surface area (Å²) in [7, 11) is 0. The Morgan fingerprint density at radius 1 is 1.38 bits per heavy atom. The van der Waals surface area contributed by atoms with Crippen LogP contribution < -0.4 is 5.32 Å². The molecule has 0 aliphatic carbocycles. The molecule has 1 aromatic carbocycles. The Morgan fingerprint density at radius 2 is 2.00 bits per heavy atom. The lowest BCUT2D eigenvalue weighted by atomic mass is 10.0. The lowest BCUT2D eigenvalue weighted by molar-refractivity contribution is 0.200. The number of nitriles is 1. The Balaban J connectivity index is 0.00000200. The van der Waals surface area contributed by atoms with Gasteiger partial charge in [-0.1, -0.05) is 22.0 Å². The molecule has 7 heteroatoms. The van der Waals surface area contributed by atoms with Crippen LogP contribution in [0.25, 0.3) is 0 Å². The molecule has 0 unspecified atom stereocenters. The van der Waals surface area contributed by atoms with Crippen molar-refractivity contribution in [2.45, 2.75) is 6.04 Å². The number of hydrogen-bond acceptors (Lipinski definition) is 4. The molecule has 1 fully saturated rings. The summed E-state index contributed by atoms with van der Waals surface area (Å²) < 4.78 is 0.799. The fourth-order valence-electron chi connectivity index (χ4n) is 2.36. The van der Waals surface area contributed by atoms with Crippen molar-refractivity contribution in [1.29, 1.82) is 5.26 Å². The Hall–Kier alpha value is -0.770. The van der Waals surface area contributed by atoms with Crippen molar-refractivity contribution >= 4 is 40.7 Å². The van der Waals surface area contributed by atoms with E-state index in [0.29, 0.717) is 5.56 Å². The van der Waals surface area contributed by atoms with Gasteiger partial charge in [-0.2, -0.15) is 5.26 Å². The summed E-state index contributed by atoms with van der Waals surface area (Å²) in [5, 5.41) is 22.6. The average Bonchev–Trinajstić information content (AvgIpc) is 2.44. The Kier molecular flexibility index (Phi) is 8.95. The monoisotopic (exact) mass is 393 g/mol. The van der Waals surface area contributed by atoms with Crippen LogP contribution in [0.1, 0.15) is 17.2 Å². The highest BCUT2D eigenvalue weighted by atomic mass is 79.9. The first-order valence-corrected chi connectivity index (χ1v) is 6.97. The van der Waals surface area contributed by atoms with Crippen LogP contribution in [0.4, 0.5) is 0 Å². The second-order valence-corrected chi connectivity index (χ2v) is 5.29. The van der Waals surface area contributed by atoms with Crippen molar-refractivity contribution in [3.63, 3.8) is 0 Å². The topological polar surface area (TPSA) is 59.3 Å². The standard InChI is InChI=1S/C14H16BrN3O.2ClH/c1-2-12(18-7-5-17-6-8-18)13-11(15)4-3-10(9-16)14(13)19;;/h2-4,12,17,19H,1,5-8H2;2*1H/t12-;;/m0../s1. The summed E-state index contributed by atoms with van der Waals surface area (Å²) in [6.45, 7) is 7.48. The molecule has 0 bridgehead atoms.